The fourth-order valence-electron chi connectivity index (χ4n) is 0.893. The number of carbonyl (C=O) groups is 1. The zero-order valence-electron chi connectivity index (χ0n) is 7.75. The van der Waals surface area contributed by atoms with E-state index in [2.05, 4.69) is 32.9 Å². The number of nitrogens with two attached hydrogens (primary N) is 1. The number of hydrogen-bond acceptors (Lipinski definition) is 3. The molecule has 0 saturated heterocycles. The Morgan fingerprint density at radius 2 is 2.50 bits per heavy atom. The molecular formula is C8H11BrN4O. The maximum atomic E-state index is 11.5. The van der Waals surface area contributed by atoms with Gasteiger partial charge in [0, 0.05) is 18.1 Å². The molecule has 14 heavy (non-hydrogen) atoms. The van der Waals surface area contributed by atoms with Crippen molar-refractivity contribution in [3.63, 3.8) is 0 Å². The van der Waals surface area contributed by atoms with Gasteiger partial charge >= 0.3 is 0 Å². The van der Waals surface area contributed by atoms with Gasteiger partial charge in [-0.25, -0.2) is 0 Å². The molecule has 0 aliphatic rings. The first-order valence-electron chi connectivity index (χ1n) is 3.91. The lowest BCUT2D eigenvalue weighted by molar-refractivity contribution is 0.0958. The van der Waals surface area contributed by atoms with E-state index in [1.807, 2.05) is 0 Å². The van der Waals surface area contributed by atoms with Crippen molar-refractivity contribution < 1.29 is 4.79 Å². The van der Waals surface area contributed by atoms with Gasteiger partial charge in [0.1, 0.15) is 11.4 Å². The van der Waals surface area contributed by atoms with Crippen molar-refractivity contribution in [3.8, 4) is 0 Å². The molecule has 1 heterocycles. The molecule has 0 radical (unpaired) electrons. The molecule has 1 aromatic heterocycles. The van der Waals surface area contributed by atoms with Gasteiger partial charge < -0.3 is 11.1 Å². The molecule has 0 bridgehead atoms. The molecule has 1 amide bonds. The highest BCUT2D eigenvalue weighted by atomic mass is 79.9. The molecule has 76 valence electrons. The van der Waals surface area contributed by atoms with Crippen LogP contribution in [0.5, 0.6) is 0 Å². The van der Waals surface area contributed by atoms with Crippen LogP contribution in [0.3, 0.4) is 0 Å². The Labute approximate surface area is 90.1 Å². The molecule has 0 atom stereocenters. The number of aryl methyl sites for hydroxylation is 1. The number of aromatic nitrogens is 2. The Morgan fingerprint density at radius 1 is 1.86 bits per heavy atom. The molecule has 0 aromatic carbocycles. The molecule has 5 nitrogen and oxygen atoms in total. The average molecular weight is 259 g/mol. The highest BCUT2D eigenvalue weighted by molar-refractivity contribution is 9.11. The summed E-state index contributed by atoms with van der Waals surface area (Å²) in [5.41, 5.74) is 5.99. The number of anilines is 1. The van der Waals surface area contributed by atoms with E-state index in [4.69, 9.17) is 5.73 Å². The van der Waals surface area contributed by atoms with Crippen molar-refractivity contribution in [1.29, 1.82) is 0 Å². The highest BCUT2D eigenvalue weighted by Crippen LogP contribution is 2.09. The number of amides is 1. The van der Waals surface area contributed by atoms with Crippen LogP contribution in [0.1, 0.15) is 10.4 Å². The smallest absolute Gasteiger partial charge is 0.256 e. The van der Waals surface area contributed by atoms with Crippen molar-refractivity contribution in [2.45, 2.75) is 0 Å². The minimum Gasteiger partial charge on any atom is -0.383 e. The van der Waals surface area contributed by atoms with Crippen molar-refractivity contribution in [2.75, 3.05) is 12.3 Å². The van der Waals surface area contributed by atoms with Crippen LogP contribution in [0.2, 0.25) is 0 Å². The van der Waals surface area contributed by atoms with Crippen molar-refractivity contribution in [3.05, 3.63) is 22.8 Å². The predicted octanol–water partition coefficient (Wildman–Crippen LogP) is 0.641. The number of carbonyl (C=O) groups excluding carboxylic acids is 1. The second-order valence-electron chi connectivity index (χ2n) is 2.77. The second-order valence-corrected chi connectivity index (χ2v) is 3.89. The average Bonchev–Trinajstić information content (AvgIpc) is 2.44. The Hall–Kier alpha value is -1.30. The topological polar surface area (TPSA) is 72.9 Å². The summed E-state index contributed by atoms with van der Waals surface area (Å²) >= 11 is 3.14. The van der Waals surface area contributed by atoms with E-state index in [-0.39, 0.29) is 5.91 Å². The number of hydrogen-bond donors (Lipinski definition) is 2. The highest BCUT2D eigenvalue weighted by Gasteiger charge is 2.12. The summed E-state index contributed by atoms with van der Waals surface area (Å²) in [5, 5.41) is 6.49. The summed E-state index contributed by atoms with van der Waals surface area (Å²) in [6.45, 7) is 3.97. The van der Waals surface area contributed by atoms with E-state index < -0.39 is 0 Å². The van der Waals surface area contributed by atoms with Gasteiger partial charge in [0.2, 0.25) is 0 Å². The standard InChI is InChI=1S/C8H11BrN4O/c1-5(9)3-11-8(14)6-4-12-13(2)7(6)10/h4H,1,3,10H2,2H3,(H,11,14). The van der Waals surface area contributed by atoms with Crippen molar-refractivity contribution in [2.24, 2.45) is 7.05 Å². The van der Waals surface area contributed by atoms with E-state index in [0.717, 1.165) is 0 Å². The lowest BCUT2D eigenvalue weighted by atomic mass is 10.3. The third kappa shape index (κ3) is 2.35. The second kappa shape index (κ2) is 4.28. The molecule has 3 N–H and O–H groups in total. The van der Waals surface area contributed by atoms with E-state index in [1.54, 1.807) is 7.05 Å². The first kappa shape index (κ1) is 10.8. The fourth-order valence-corrected chi connectivity index (χ4v) is 1.03. The Morgan fingerprint density at radius 3 is 2.93 bits per heavy atom. The fraction of sp³-hybridized carbons (Fsp3) is 0.250. The molecule has 0 saturated carbocycles. The molecule has 0 aliphatic carbocycles. The third-order valence-electron chi connectivity index (χ3n) is 1.67. The van der Waals surface area contributed by atoms with Gasteiger partial charge in [-0.05, 0) is 0 Å². The van der Waals surface area contributed by atoms with Crippen molar-refractivity contribution in [1.82, 2.24) is 15.1 Å². The summed E-state index contributed by atoms with van der Waals surface area (Å²) in [6, 6.07) is 0. The number of halogens is 1. The quantitative estimate of drug-likeness (QED) is 0.836. The van der Waals surface area contributed by atoms with E-state index in [9.17, 15) is 4.79 Å². The van der Waals surface area contributed by atoms with Gasteiger partial charge in [0.05, 0.1) is 6.20 Å². The third-order valence-corrected chi connectivity index (χ3v) is 1.95. The Kier molecular flexibility index (Phi) is 3.29. The maximum Gasteiger partial charge on any atom is 0.256 e. The zero-order chi connectivity index (χ0) is 10.7. The van der Waals surface area contributed by atoms with Crippen LogP contribution in [-0.2, 0) is 7.05 Å². The molecule has 1 rings (SSSR count). The summed E-state index contributed by atoms with van der Waals surface area (Å²) in [4.78, 5) is 11.5. The van der Waals surface area contributed by atoms with Crippen LogP contribution in [-0.4, -0.2) is 22.2 Å². The van der Waals surface area contributed by atoms with Crippen LogP contribution in [0, 0.1) is 0 Å². The van der Waals surface area contributed by atoms with Crippen LogP contribution < -0.4 is 11.1 Å². The van der Waals surface area contributed by atoms with Gasteiger partial charge in [-0.15, -0.1) is 0 Å². The number of nitrogens with one attached hydrogen (secondary N) is 1. The number of nitrogen functional groups attached to an aromatic ring is 1. The minimum atomic E-state index is -0.254. The summed E-state index contributed by atoms with van der Waals surface area (Å²) < 4.78 is 2.14. The van der Waals surface area contributed by atoms with Crippen LogP contribution in [0.25, 0.3) is 0 Å². The SMILES string of the molecule is C=C(Br)CNC(=O)c1cnn(C)c1N. The molecule has 1 aromatic rings. The van der Waals surface area contributed by atoms with Crippen LogP contribution >= 0.6 is 15.9 Å². The first-order chi connectivity index (χ1) is 6.52. The molecule has 0 spiro atoms. The summed E-state index contributed by atoms with van der Waals surface area (Å²) in [6.07, 6.45) is 1.43. The molecular weight excluding hydrogens is 248 g/mol. The minimum absolute atomic E-state index is 0.254. The van der Waals surface area contributed by atoms with Gasteiger partial charge in [-0.3, -0.25) is 9.48 Å². The lowest BCUT2D eigenvalue weighted by Crippen LogP contribution is -2.25. The van der Waals surface area contributed by atoms with Gasteiger partial charge in [-0.2, -0.15) is 5.10 Å². The largest absolute Gasteiger partial charge is 0.383 e. The van der Waals surface area contributed by atoms with E-state index >= 15 is 0 Å². The summed E-state index contributed by atoms with van der Waals surface area (Å²) in [5.74, 6) is 0.0962. The van der Waals surface area contributed by atoms with E-state index in [0.29, 0.717) is 22.4 Å². The van der Waals surface area contributed by atoms with Crippen molar-refractivity contribution >= 4 is 27.7 Å². The summed E-state index contributed by atoms with van der Waals surface area (Å²) in [7, 11) is 1.68. The maximum absolute atomic E-state index is 11.5. The molecule has 6 heteroatoms. The van der Waals surface area contributed by atoms with Crippen LogP contribution in [0.15, 0.2) is 17.3 Å². The molecule has 0 fully saturated rings. The Bertz CT molecular complexity index is 371. The number of rotatable bonds is 3. The Balaban J connectivity index is 2.70. The molecule has 0 unspecified atom stereocenters. The number of nitrogens with zero attached hydrogens (tertiary/aromatic N) is 2. The van der Waals surface area contributed by atoms with Crippen LogP contribution in [0.4, 0.5) is 5.82 Å². The first-order valence-corrected chi connectivity index (χ1v) is 4.70. The zero-order valence-corrected chi connectivity index (χ0v) is 9.34. The van der Waals surface area contributed by atoms with Gasteiger partial charge in [-0.1, -0.05) is 22.5 Å². The van der Waals surface area contributed by atoms with Gasteiger partial charge in [0.15, 0.2) is 0 Å². The molecule has 0 aliphatic heterocycles. The monoisotopic (exact) mass is 258 g/mol. The van der Waals surface area contributed by atoms with Gasteiger partial charge in [0.25, 0.3) is 5.91 Å². The predicted molar refractivity (Wildman–Crippen MR) is 58.0 cm³/mol. The normalized spacial score (nSPS) is 9.86. The van der Waals surface area contributed by atoms with E-state index in [1.165, 1.54) is 10.9 Å². The lowest BCUT2D eigenvalue weighted by Gasteiger charge is -2.02.